The summed E-state index contributed by atoms with van der Waals surface area (Å²) in [5.74, 6) is -1.07. The van der Waals surface area contributed by atoms with Gasteiger partial charge in [-0.25, -0.2) is 4.79 Å². The Hall–Kier alpha value is -0.950. The van der Waals surface area contributed by atoms with E-state index in [0.717, 1.165) is 0 Å². The predicted molar refractivity (Wildman–Crippen MR) is 37.0 cm³/mol. The van der Waals surface area contributed by atoms with E-state index in [4.69, 9.17) is 10.4 Å². The highest BCUT2D eigenvalue weighted by Crippen LogP contribution is 1.91. The molecule has 0 amide bonds. The number of hydrogen-bond donors (Lipinski definition) is 2. The molecule has 0 aromatic rings. The summed E-state index contributed by atoms with van der Waals surface area (Å²) >= 11 is 3.40. The SMILES string of the molecule is C=C(S)C(=O)O.CC#N. The van der Waals surface area contributed by atoms with Gasteiger partial charge in [-0.3, -0.25) is 0 Å². The summed E-state index contributed by atoms with van der Waals surface area (Å²) < 4.78 is 0. The van der Waals surface area contributed by atoms with Gasteiger partial charge in [-0.1, -0.05) is 6.58 Å². The third kappa shape index (κ3) is 19.3. The molecule has 0 unspecified atom stereocenters. The number of carboxylic acid groups (broad SMARTS) is 1. The number of aliphatic carboxylic acids is 1. The third-order valence-electron chi connectivity index (χ3n) is 0.247. The molecule has 1 N–H and O–H groups in total. The number of thiol groups is 1. The van der Waals surface area contributed by atoms with Crippen LogP contribution in [-0.4, -0.2) is 11.1 Å². The molecule has 3 nitrogen and oxygen atoms in total. The van der Waals surface area contributed by atoms with Crippen LogP contribution in [0.25, 0.3) is 0 Å². The van der Waals surface area contributed by atoms with Crippen LogP contribution in [0.2, 0.25) is 0 Å². The normalized spacial score (nSPS) is 5.89. The number of hydrogen-bond acceptors (Lipinski definition) is 3. The number of carboxylic acids is 1. The van der Waals surface area contributed by atoms with Crippen LogP contribution in [0.1, 0.15) is 6.92 Å². The van der Waals surface area contributed by atoms with Crippen LogP contribution in [0.4, 0.5) is 0 Å². The summed E-state index contributed by atoms with van der Waals surface area (Å²) in [6, 6.07) is 1.75. The van der Waals surface area contributed by atoms with E-state index in [-0.39, 0.29) is 4.91 Å². The Morgan fingerprint density at radius 1 is 1.89 bits per heavy atom. The Kier molecular flexibility index (Phi) is 8.56. The smallest absolute Gasteiger partial charge is 0.341 e. The number of rotatable bonds is 1. The minimum atomic E-state index is -1.07. The molecule has 0 aromatic heterocycles. The lowest BCUT2D eigenvalue weighted by Gasteiger charge is -1.78. The van der Waals surface area contributed by atoms with Gasteiger partial charge in [0.1, 0.15) is 0 Å². The molecule has 0 aliphatic heterocycles. The number of nitrogens with zero attached hydrogens (tertiary/aromatic N) is 1. The van der Waals surface area contributed by atoms with Crippen LogP contribution in [-0.2, 0) is 4.79 Å². The summed E-state index contributed by atoms with van der Waals surface area (Å²) in [6.07, 6.45) is 0. The van der Waals surface area contributed by atoms with Gasteiger partial charge in [-0.15, -0.1) is 12.6 Å². The molecule has 9 heavy (non-hydrogen) atoms. The first kappa shape index (κ1) is 10.9. The average Bonchev–Trinajstić information content (AvgIpc) is 1.68. The minimum Gasteiger partial charge on any atom is -0.477 e. The summed E-state index contributed by atoms with van der Waals surface area (Å²) in [6.45, 7) is 4.45. The Labute approximate surface area is 59.0 Å². The van der Waals surface area contributed by atoms with E-state index in [2.05, 4.69) is 19.2 Å². The van der Waals surface area contributed by atoms with Gasteiger partial charge >= 0.3 is 5.97 Å². The van der Waals surface area contributed by atoms with Crippen LogP contribution in [0.15, 0.2) is 11.5 Å². The van der Waals surface area contributed by atoms with Crippen LogP contribution in [0.5, 0.6) is 0 Å². The van der Waals surface area contributed by atoms with Crippen LogP contribution >= 0.6 is 12.6 Å². The van der Waals surface area contributed by atoms with Crippen LogP contribution in [0.3, 0.4) is 0 Å². The van der Waals surface area contributed by atoms with Gasteiger partial charge in [0.2, 0.25) is 0 Å². The molecule has 0 spiro atoms. The van der Waals surface area contributed by atoms with Crippen molar-refractivity contribution >= 4 is 18.6 Å². The van der Waals surface area contributed by atoms with Gasteiger partial charge in [0.25, 0.3) is 0 Å². The van der Waals surface area contributed by atoms with E-state index < -0.39 is 5.97 Å². The van der Waals surface area contributed by atoms with Crippen molar-refractivity contribution in [2.45, 2.75) is 6.92 Å². The van der Waals surface area contributed by atoms with Gasteiger partial charge < -0.3 is 5.11 Å². The zero-order valence-electron chi connectivity index (χ0n) is 4.96. The molecule has 0 radical (unpaired) electrons. The second kappa shape index (κ2) is 7.05. The van der Waals surface area contributed by atoms with Crippen molar-refractivity contribution in [3.8, 4) is 6.07 Å². The van der Waals surface area contributed by atoms with Gasteiger partial charge in [0.15, 0.2) is 0 Å². The highest BCUT2D eigenvalue weighted by atomic mass is 32.1. The monoisotopic (exact) mass is 145 g/mol. The minimum absolute atomic E-state index is 0.130. The number of carbonyl (C=O) groups is 1. The van der Waals surface area contributed by atoms with Gasteiger partial charge in [0, 0.05) is 6.92 Å². The zero-order chi connectivity index (χ0) is 7.86. The average molecular weight is 145 g/mol. The fraction of sp³-hybridized carbons (Fsp3) is 0.200. The molecule has 4 heteroatoms. The van der Waals surface area contributed by atoms with Crippen molar-refractivity contribution in [1.29, 1.82) is 5.26 Å². The zero-order valence-corrected chi connectivity index (χ0v) is 5.85. The van der Waals surface area contributed by atoms with Gasteiger partial charge in [0.05, 0.1) is 11.0 Å². The fourth-order valence-electron chi connectivity index (χ4n) is 0. The molecule has 0 aliphatic carbocycles. The van der Waals surface area contributed by atoms with E-state index in [9.17, 15) is 4.79 Å². The van der Waals surface area contributed by atoms with E-state index in [0.29, 0.717) is 0 Å². The summed E-state index contributed by atoms with van der Waals surface area (Å²) in [5, 5.41) is 15.1. The van der Waals surface area contributed by atoms with Crippen molar-refractivity contribution in [1.82, 2.24) is 0 Å². The number of nitriles is 1. The standard InChI is InChI=1S/C3H4O2S.C2H3N/c1-2(6)3(4)5;1-2-3/h6H,1H2,(H,4,5);1H3. The molecule has 0 saturated carbocycles. The Balaban J connectivity index is 0. The maximum Gasteiger partial charge on any atom is 0.341 e. The Morgan fingerprint density at radius 3 is 2.00 bits per heavy atom. The summed E-state index contributed by atoms with van der Waals surface area (Å²) in [4.78, 5) is 9.39. The molecular weight excluding hydrogens is 138 g/mol. The van der Waals surface area contributed by atoms with Crippen molar-refractivity contribution < 1.29 is 9.90 Å². The Morgan fingerprint density at radius 2 is 2.00 bits per heavy atom. The first-order chi connectivity index (χ1) is 4.06. The van der Waals surface area contributed by atoms with E-state index >= 15 is 0 Å². The first-order valence-corrected chi connectivity index (χ1v) is 2.43. The van der Waals surface area contributed by atoms with Gasteiger partial charge in [-0.2, -0.15) is 5.26 Å². The predicted octanol–water partition coefficient (Wildman–Crippen LogP) is 1.04. The molecule has 0 bridgehead atoms. The maximum atomic E-state index is 9.52. The molecule has 0 saturated heterocycles. The molecular formula is C5H7NO2S. The molecule has 0 rings (SSSR count). The summed E-state index contributed by atoms with van der Waals surface area (Å²) in [5.41, 5.74) is 0. The van der Waals surface area contributed by atoms with Gasteiger partial charge in [-0.05, 0) is 0 Å². The largest absolute Gasteiger partial charge is 0.477 e. The molecule has 0 atom stereocenters. The Bertz CT molecular complexity index is 136. The molecule has 0 heterocycles. The van der Waals surface area contributed by atoms with E-state index in [1.807, 2.05) is 0 Å². The maximum absolute atomic E-state index is 9.52. The van der Waals surface area contributed by atoms with Crippen molar-refractivity contribution in [2.75, 3.05) is 0 Å². The molecule has 0 fully saturated rings. The quantitative estimate of drug-likeness (QED) is 0.428. The van der Waals surface area contributed by atoms with Crippen molar-refractivity contribution in [2.24, 2.45) is 0 Å². The van der Waals surface area contributed by atoms with E-state index in [1.54, 1.807) is 6.07 Å². The second-order valence-electron chi connectivity index (χ2n) is 0.975. The van der Waals surface area contributed by atoms with Crippen molar-refractivity contribution in [3.63, 3.8) is 0 Å². The van der Waals surface area contributed by atoms with E-state index in [1.165, 1.54) is 6.92 Å². The lowest BCUT2D eigenvalue weighted by atomic mass is 10.7. The van der Waals surface area contributed by atoms with Crippen LogP contribution in [0, 0.1) is 11.3 Å². The molecule has 50 valence electrons. The second-order valence-corrected chi connectivity index (χ2v) is 1.52. The van der Waals surface area contributed by atoms with Crippen molar-refractivity contribution in [3.05, 3.63) is 11.5 Å². The molecule has 0 aliphatic rings. The highest BCUT2D eigenvalue weighted by Gasteiger charge is 1.91. The summed E-state index contributed by atoms with van der Waals surface area (Å²) in [7, 11) is 0. The molecule has 0 aromatic carbocycles. The first-order valence-electron chi connectivity index (χ1n) is 1.98. The van der Waals surface area contributed by atoms with Crippen LogP contribution < -0.4 is 0 Å². The topological polar surface area (TPSA) is 61.1 Å². The third-order valence-corrected chi connectivity index (χ3v) is 0.438. The highest BCUT2D eigenvalue weighted by molar-refractivity contribution is 7.85. The fourth-order valence-corrected chi connectivity index (χ4v) is 0. The lowest BCUT2D eigenvalue weighted by molar-refractivity contribution is -0.131. The lowest BCUT2D eigenvalue weighted by Crippen LogP contribution is -1.89.